The van der Waals surface area contributed by atoms with Gasteiger partial charge in [-0.3, -0.25) is 9.59 Å². The van der Waals surface area contributed by atoms with Gasteiger partial charge >= 0.3 is 0 Å². The lowest BCUT2D eigenvalue weighted by atomic mass is 10.1. The summed E-state index contributed by atoms with van der Waals surface area (Å²) in [5.74, 6) is 1.17. The van der Waals surface area contributed by atoms with Crippen LogP contribution in [0.25, 0.3) is 10.9 Å². The summed E-state index contributed by atoms with van der Waals surface area (Å²) in [6.45, 7) is 3.69. The van der Waals surface area contributed by atoms with Crippen LogP contribution in [0.3, 0.4) is 0 Å². The molecule has 22 heavy (non-hydrogen) atoms. The van der Waals surface area contributed by atoms with Crippen molar-refractivity contribution in [1.82, 2.24) is 10.3 Å². The van der Waals surface area contributed by atoms with E-state index in [-0.39, 0.29) is 17.5 Å². The van der Waals surface area contributed by atoms with Crippen molar-refractivity contribution < 1.29 is 9.21 Å². The number of hydrogen-bond acceptors (Lipinski definition) is 3. The first-order chi connectivity index (χ1) is 10.5. The Morgan fingerprint density at radius 1 is 1.23 bits per heavy atom. The van der Waals surface area contributed by atoms with E-state index in [1.54, 1.807) is 6.07 Å². The zero-order valence-corrected chi connectivity index (χ0v) is 12.3. The van der Waals surface area contributed by atoms with E-state index >= 15 is 0 Å². The second kappa shape index (κ2) is 5.52. The van der Waals surface area contributed by atoms with E-state index < -0.39 is 0 Å². The Bertz CT molecular complexity index is 892. The predicted molar refractivity (Wildman–Crippen MR) is 83.9 cm³/mol. The lowest BCUT2D eigenvalue weighted by molar-refractivity contribution is 0.0936. The molecule has 0 radical (unpaired) electrons. The van der Waals surface area contributed by atoms with E-state index in [2.05, 4.69) is 10.3 Å². The highest BCUT2D eigenvalue weighted by Crippen LogP contribution is 2.18. The number of fused-ring (bicyclic) bond motifs is 1. The fraction of sp³-hybridized carbons (Fsp3) is 0.176. The highest BCUT2D eigenvalue weighted by molar-refractivity contribution is 6.06. The van der Waals surface area contributed by atoms with Crippen LogP contribution < -0.4 is 10.9 Å². The molecule has 3 aromatic rings. The Morgan fingerprint density at radius 2 is 2.00 bits per heavy atom. The first-order valence-electron chi connectivity index (χ1n) is 7.04. The van der Waals surface area contributed by atoms with E-state index in [1.807, 2.05) is 44.2 Å². The SMILES string of the molecule is Cc1ccc([C@H](C)NC(=O)c2cc(=O)[nH]c3ccccc23)o1. The largest absolute Gasteiger partial charge is 0.464 e. The van der Waals surface area contributed by atoms with Gasteiger partial charge in [-0.05, 0) is 32.0 Å². The molecule has 1 aromatic carbocycles. The summed E-state index contributed by atoms with van der Waals surface area (Å²) >= 11 is 0. The van der Waals surface area contributed by atoms with Crippen molar-refractivity contribution in [2.45, 2.75) is 19.9 Å². The number of nitrogens with one attached hydrogen (secondary N) is 2. The first kappa shape index (κ1) is 14.1. The van der Waals surface area contributed by atoms with Crippen LogP contribution in [0.4, 0.5) is 0 Å². The highest BCUT2D eigenvalue weighted by Gasteiger charge is 2.16. The fourth-order valence-corrected chi connectivity index (χ4v) is 2.42. The van der Waals surface area contributed by atoms with Crippen molar-refractivity contribution in [1.29, 1.82) is 0 Å². The Morgan fingerprint density at radius 3 is 2.73 bits per heavy atom. The topological polar surface area (TPSA) is 75.1 Å². The highest BCUT2D eigenvalue weighted by atomic mass is 16.3. The average molecular weight is 296 g/mol. The number of aromatic nitrogens is 1. The number of rotatable bonds is 3. The van der Waals surface area contributed by atoms with Crippen molar-refractivity contribution in [3.63, 3.8) is 0 Å². The first-order valence-corrected chi connectivity index (χ1v) is 7.04. The molecule has 0 aliphatic heterocycles. The zero-order chi connectivity index (χ0) is 15.7. The van der Waals surface area contributed by atoms with Gasteiger partial charge in [0.1, 0.15) is 11.5 Å². The van der Waals surface area contributed by atoms with Crippen molar-refractivity contribution >= 4 is 16.8 Å². The van der Waals surface area contributed by atoms with Crippen LogP contribution in [0.5, 0.6) is 0 Å². The van der Waals surface area contributed by atoms with Gasteiger partial charge in [0.2, 0.25) is 5.56 Å². The molecule has 1 atom stereocenters. The molecule has 2 aromatic heterocycles. The van der Waals surface area contributed by atoms with Crippen LogP contribution in [-0.4, -0.2) is 10.9 Å². The molecule has 0 fully saturated rings. The third-order valence-corrected chi connectivity index (χ3v) is 3.53. The molecule has 3 rings (SSSR count). The molecule has 112 valence electrons. The number of hydrogen-bond donors (Lipinski definition) is 2. The smallest absolute Gasteiger partial charge is 0.252 e. The Kier molecular flexibility index (Phi) is 3.55. The fourth-order valence-electron chi connectivity index (χ4n) is 2.42. The van der Waals surface area contributed by atoms with Crippen molar-refractivity contribution in [2.75, 3.05) is 0 Å². The quantitative estimate of drug-likeness (QED) is 0.780. The van der Waals surface area contributed by atoms with Gasteiger partial charge in [0.05, 0.1) is 11.6 Å². The van der Waals surface area contributed by atoms with Gasteiger partial charge in [-0.15, -0.1) is 0 Å². The Hall–Kier alpha value is -2.82. The van der Waals surface area contributed by atoms with Gasteiger partial charge in [-0.1, -0.05) is 18.2 Å². The summed E-state index contributed by atoms with van der Waals surface area (Å²) in [5.41, 5.74) is 0.696. The van der Waals surface area contributed by atoms with Gasteiger partial charge in [-0.2, -0.15) is 0 Å². The summed E-state index contributed by atoms with van der Waals surface area (Å²) in [7, 11) is 0. The predicted octanol–water partition coefficient (Wildman–Crippen LogP) is 2.92. The average Bonchev–Trinajstić information content (AvgIpc) is 2.93. The minimum Gasteiger partial charge on any atom is -0.464 e. The van der Waals surface area contributed by atoms with E-state index in [1.165, 1.54) is 6.07 Å². The van der Waals surface area contributed by atoms with E-state index in [9.17, 15) is 9.59 Å². The molecule has 1 amide bonds. The second-order valence-corrected chi connectivity index (χ2v) is 5.24. The molecule has 0 aliphatic rings. The molecule has 2 heterocycles. The molecule has 0 unspecified atom stereocenters. The summed E-state index contributed by atoms with van der Waals surface area (Å²) in [4.78, 5) is 26.9. The lowest BCUT2D eigenvalue weighted by Crippen LogP contribution is -2.27. The third kappa shape index (κ3) is 2.65. The number of furan rings is 1. The maximum absolute atomic E-state index is 12.5. The zero-order valence-electron chi connectivity index (χ0n) is 12.3. The van der Waals surface area contributed by atoms with Gasteiger partial charge in [0.15, 0.2) is 0 Å². The molecule has 0 saturated carbocycles. The van der Waals surface area contributed by atoms with Crippen molar-refractivity contribution in [3.05, 3.63) is 69.9 Å². The van der Waals surface area contributed by atoms with Crippen LogP contribution in [0, 0.1) is 6.92 Å². The van der Waals surface area contributed by atoms with E-state index in [0.717, 1.165) is 5.76 Å². The number of pyridine rings is 1. The monoisotopic (exact) mass is 296 g/mol. The number of H-pyrrole nitrogens is 1. The van der Waals surface area contributed by atoms with E-state index in [4.69, 9.17) is 4.42 Å². The van der Waals surface area contributed by atoms with Gasteiger partial charge in [0, 0.05) is 17.0 Å². The summed E-state index contributed by atoms with van der Waals surface area (Å²) < 4.78 is 5.51. The van der Waals surface area contributed by atoms with Crippen LogP contribution in [-0.2, 0) is 0 Å². The third-order valence-electron chi connectivity index (χ3n) is 3.53. The van der Waals surface area contributed by atoms with Gasteiger partial charge < -0.3 is 14.7 Å². The lowest BCUT2D eigenvalue weighted by Gasteiger charge is -2.12. The maximum Gasteiger partial charge on any atom is 0.252 e. The Balaban J connectivity index is 1.94. The molecule has 0 bridgehead atoms. The number of amides is 1. The van der Waals surface area contributed by atoms with Crippen LogP contribution in [0.1, 0.15) is 34.8 Å². The molecule has 0 saturated heterocycles. The molecular weight excluding hydrogens is 280 g/mol. The number of aryl methyl sites for hydroxylation is 1. The molecule has 5 nitrogen and oxygen atoms in total. The number of aromatic amines is 1. The molecule has 5 heteroatoms. The number of carbonyl (C=O) groups excluding carboxylic acids is 1. The Labute approximate surface area is 127 Å². The number of para-hydroxylation sites is 1. The standard InChI is InChI=1S/C17H16N2O3/c1-10-7-8-15(22-10)11(2)18-17(21)13-9-16(20)19-14-6-4-3-5-12(13)14/h3-9,11H,1-2H3,(H,18,21)(H,19,20)/t11-/m0/s1. The minimum atomic E-state index is -0.302. The maximum atomic E-state index is 12.5. The van der Waals surface area contributed by atoms with E-state index in [0.29, 0.717) is 22.2 Å². The summed E-state index contributed by atoms with van der Waals surface area (Å²) in [6.07, 6.45) is 0. The van der Waals surface area contributed by atoms with Crippen LogP contribution in [0.2, 0.25) is 0 Å². The molecule has 0 aliphatic carbocycles. The second-order valence-electron chi connectivity index (χ2n) is 5.24. The number of benzene rings is 1. The molecule has 0 spiro atoms. The molecule has 2 N–H and O–H groups in total. The normalized spacial score (nSPS) is 12.3. The van der Waals surface area contributed by atoms with Gasteiger partial charge in [-0.25, -0.2) is 0 Å². The summed E-state index contributed by atoms with van der Waals surface area (Å²) in [6, 6.07) is 11.9. The van der Waals surface area contributed by atoms with Gasteiger partial charge in [0.25, 0.3) is 5.91 Å². The van der Waals surface area contributed by atoms with Crippen molar-refractivity contribution in [2.24, 2.45) is 0 Å². The molecular formula is C17H16N2O3. The van der Waals surface area contributed by atoms with Crippen LogP contribution >= 0.6 is 0 Å². The van der Waals surface area contributed by atoms with Crippen molar-refractivity contribution in [3.8, 4) is 0 Å². The minimum absolute atomic E-state index is 0.278. The number of carbonyl (C=O) groups is 1. The van der Waals surface area contributed by atoms with Crippen LogP contribution in [0.15, 0.2) is 51.7 Å². The summed E-state index contributed by atoms with van der Waals surface area (Å²) in [5, 5.41) is 3.57.